The zero-order valence-electron chi connectivity index (χ0n) is 11.8. The van der Waals surface area contributed by atoms with E-state index in [0.29, 0.717) is 0 Å². The van der Waals surface area contributed by atoms with Crippen molar-refractivity contribution >= 4 is 15.9 Å². The van der Waals surface area contributed by atoms with Gasteiger partial charge in [-0.05, 0) is 37.0 Å². The maximum absolute atomic E-state index is 5.95. The minimum atomic E-state index is 0.266. The molecule has 1 aromatic carbocycles. The second-order valence-electron chi connectivity index (χ2n) is 5.02. The summed E-state index contributed by atoms with van der Waals surface area (Å²) >= 11 is 3.62. The lowest BCUT2D eigenvalue weighted by atomic mass is 9.86. The Morgan fingerprint density at radius 3 is 2.11 bits per heavy atom. The molecule has 1 nitrogen and oxygen atoms in total. The lowest BCUT2D eigenvalue weighted by molar-refractivity contribution is 0.158. The van der Waals surface area contributed by atoms with Crippen LogP contribution in [0.15, 0.2) is 24.3 Å². The zero-order chi connectivity index (χ0) is 13.4. The summed E-state index contributed by atoms with van der Waals surface area (Å²) in [6, 6.07) is 8.53. The molecule has 0 spiro atoms. The largest absolute Gasteiger partial charge is 0.493 e. The van der Waals surface area contributed by atoms with E-state index < -0.39 is 0 Å². The molecule has 18 heavy (non-hydrogen) atoms. The molecule has 0 heterocycles. The Kier molecular flexibility index (Phi) is 6.77. The summed E-state index contributed by atoms with van der Waals surface area (Å²) in [5.41, 5.74) is 1.66. The van der Waals surface area contributed by atoms with Gasteiger partial charge in [-0.2, -0.15) is 0 Å². The predicted molar refractivity (Wildman–Crippen MR) is 82.7 cm³/mol. The van der Waals surface area contributed by atoms with Crippen LogP contribution in [0.4, 0.5) is 0 Å². The summed E-state index contributed by atoms with van der Waals surface area (Å²) < 4.78 is 5.95. The Bertz CT molecular complexity index is 319. The summed E-state index contributed by atoms with van der Waals surface area (Å²) in [5, 5.41) is 1.00. The summed E-state index contributed by atoms with van der Waals surface area (Å²) in [6.07, 6.45) is 4.62. The number of halogens is 1. The van der Waals surface area contributed by atoms with Crippen LogP contribution < -0.4 is 4.74 Å². The highest BCUT2D eigenvalue weighted by Gasteiger charge is 2.25. The second kappa shape index (κ2) is 7.83. The van der Waals surface area contributed by atoms with Gasteiger partial charge in [-0.15, -0.1) is 0 Å². The Labute approximate surface area is 120 Å². The molecule has 0 unspecified atom stereocenters. The number of aryl methyl sites for hydroxylation is 1. The van der Waals surface area contributed by atoms with Gasteiger partial charge in [0.15, 0.2) is 0 Å². The van der Waals surface area contributed by atoms with Crippen LogP contribution in [0, 0.1) is 5.41 Å². The third-order valence-corrected chi connectivity index (χ3v) is 4.98. The van der Waals surface area contributed by atoms with Gasteiger partial charge < -0.3 is 4.74 Å². The van der Waals surface area contributed by atoms with Gasteiger partial charge in [-0.3, -0.25) is 0 Å². The molecule has 2 heteroatoms. The van der Waals surface area contributed by atoms with Crippen LogP contribution in [0.25, 0.3) is 0 Å². The van der Waals surface area contributed by atoms with Crippen LogP contribution in [-0.2, 0) is 6.42 Å². The third kappa shape index (κ3) is 4.31. The number of benzene rings is 1. The summed E-state index contributed by atoms with van der Waals surface area (Å²) in [5.74, 6) is 0.988. The van der Waals surface area contributed by atoms with Crippen LogP contribution in [-0.4, -0.2) is 11.9 Å². The zero-order valence-corrected chi connectivity index (χ0v) is 13.4. The van der Waals surface area contributed by atoms with Crippen molar-refractivity contribution in [1.29, 1.82) is 0 Å². The minimum absolute atomic E-state index is 0.266. The molecule has 0 N–H and O–H groups in total. The summed E-state index contributed by atoms with van der Waals surface area (Å²) in [4.78, 5) is 0. The lowest BCUT2D eigenvalue weighted by Gasteiger charge is -2.29. The highest BCUT2D eigenvalue weighted by molar-refractivity contribution is 9.09. The fourth-order valence-electron chi connectivity index (χ4n) is 1.96. The van der Waals surface area contributed by atoms with E-state index in [0.717, 1.165) is 36.9 Å². The van der Waals surface area contributed by atoms with Gasteiger partial charge in [0.05, 0.1) is 6.61 Å². The number of hydrogen-bond donors (Lipinski definition) is 0. The van der Waals surface area contributed by atoms with Crippen molar-refractivity contribution in [2.75, 3.05) is 11.9 Å². The van der Waals surface area contributed by atoms with Crippen molar-refractivity contribution in [3.8, 4) is 5.75 Å². The van der Waals surface area contributed by atoms with Crippen LogP contribution >= 0.6 is 15.9 Å². The number of alkyl halides is 1. The highest BCUT2D eigenvalue weighted by atomic mass is 79.9. The monoisotopic (exact) mass is 312 g/mol. The average molecular weight is 313 g/mol. The minimum Gasteiger partial charge on any atom is -0.493 e. The molecule has 0 bridgehead atoms. The van der Waals surface area contributed by atoms with Crippen LogP contribution in [0.2, 0.25) is 0 Å². The first kappa shape index (κ1) is 15.6. The maximum atomic E-state index is 5.95. The van der Waals surface area contributed by atoms with Gasteiger partial charge in [0.25, 0.3) is 0 Å². The predicted octanol–water partition coefficient (Wildman–Crippen LogP) is 5.22. The molecule has 1 rings (SSSR count). The van der Waals surface area contributed by atoms with Crippen molar-refractivity contribution in [2.45, 2.75) is 46.5 Å². The first-order valence-electron chi connectivity index (χ1n) is 6.97. The molecule has 0 atom stereocenters. The summed E-state index contributed by atoms with van der Waals surface area (Å²) in [6.45, 7) is 7.46. The van der Waals surface area contributed by atoms with Gasteiger partial charge in [0, 0.05) is 10.7 Å². The van der Waals surface area contributed by atoms with E-state index in [-0.39, 0.29) is 5.41 Å². The molecular weight excluding hydrogens is 288 g/mol. The highest BCUT2D eigenvalue weighted by Crippen LogP contribution is 2.29. The van der Waals surface area contributed by atoms with Crippen LogP contribution in [0.1, 0.15) is 45.6 Å². The van der Waals surface area contributed by atoms with E-state index in [1.165, 1.54) is 12.0 Å². The number of ether oxygens (including phenoxy) is 1. The molecule has 0 saturated carbocycles. The van der Waals surface area contributed by atoms with Crippen molar-refractivity contribution in [1.82, 2.24) is 0 Å². The molecule has 0 aliphatic heterocycles. The van der Waals surface area contributed by atoms with E-state index in [2.05, 4.69) is 61.0 Å². The molecule has 0 amide bonds. The molecular formula is C16H25BrO. The molecule has 1 aromatic rings. The normalized spacial score (nSPS) is 11.6. The fraction of sp³-hybridized carbons (Fsp3) is 0.625. The van der Waals surface area contributed by atoms with Gasteiger partial charge in [-0.25, -0.2) is 0 Å². The van der Waals surface area contributed by atoms with E-state index >= 15 is 0 Å². The quantitative estimate of drug-likeness (QED) is 0.598. The number of rotatable bonds is 8. The van der Waals surface area contributed by atoms with E-state index in [1.807, 2.05) is 0 Å². The maximum Gasteiger partial charge on any atom is 0.119 e. The smallest absolute Gasteiger partial charge is 0.119 e. The third-order valence-electron chi connectivity index (χ3n) is 3.79. The standard InChI is InChI=1S/C16H25BrO/c1-4-7-14-8-10-15(11-9-14)18-13-16(5-2,6-3)12-17/h8-11H,4-7,12-13H2,1-3H3. The van der Waals surface area contributed by atoms with Gasteiger partial charge in [0.2, 0.25) is 0 Å². The van der Waals surface area contributed by atoms with Crippen molar-refractivity contribution < 1.29 is 4.74 Å². The van der Waals surface area contributed by atoms with Crippen molar-refractivity contribution in [2.24, 2.45) is 5.41 Å². The van der Waals surface area contributed by atoms with Crippen molar-refractivity contribution in [3.63, 3.8) is 0 Å². The molecule has 0 aromatic heterocycles. The Hall–Kier alpha value is -0.500. The fourth-order valence-corrected chi connectivity index (χ4v) is 2.91. The first-order chi connectivity index (χ1) is 8.69. The molecule has 0 aliphatic rings. The van der Waals surface area contributed by atoms with Crippen LogP contribution in [0.3, 0.4) is 0 Å². The van der Waals surface area contributed by atoms with E-state index in [9.17, 15) is 0 Å². The lowest BCUT2D eigenvalue weighted by Crippen LogP contribution is -2.28. The van der Waals surface area contributed by atoms with E-state index in [1.54, 1.807) is 0 Å². The van der Waals surface area contributed by atoms with Gasteiger partial charge in [-0.1, -0.05) is 55.3 Å². The van der Waals surface area contributed by atoms with E-state index in [4.69, 9.17) is 4.74 Å². The Morgan fingerprint density at radius 2 is 1.67 bits per heavy atom. The Morgan fingerprint density at radius 1 is 1.06 bits per heavy atom. The van der Waals surface area contributed by atoms with Crippen LogP contribution in [0.5, 0.6) is 5.75 Å². The summed E-state index contributed by atoms with van der Waals surface area (Å²) in [7, 11) is 0. The first-order valence-corrected chi connectivity index (χ1v) is 8.09. The van der Waals surface area contributed by atoms with Gasteiger partial charge >= 0.3 is 0 Å². The molecule has 102 valence electrons. The second-order valence-corrected chi connectivity index (χ2v) is 5.58. The van der Waals surface area contributed by atoms with Crippen molar-refractivity contribution in [3.05, 3.63) is 29.8 Å². The number of hydrogen-bond acceptors (Lipinski definition) is 1. The SMILES string of the molecule is CCCc1ccc(OCC(CC)(CC)CBr)cc1. The Balaban J connectivity index is 2.57. The molecule has 0 saturated heterocycles. The average Bonchev–Trinajstić information content (AvgIpc) is 2.43. The molecule has 0 radical (unpaired) electrons. The topological polar surface area (TPSA) is 9.23 Å². The van der Waals surface area contributed by atoms with Gasteiger partial charge in [0.1, 0.15) is 5.75 Å². The molecule has 0 aliphatic carbocycles. The molecule has 0 fully saturated rings.